The molecule has 1 rings (SSSR count). The standard InChI is InChI=1S/C14H20Br2/c1-2-3-4-5-6-7-9-12-13(15)10-8-11-14(12)16/h8,10-11H,2-7,9H2,1H3. The largest absolute Gasteiger partial charge is 0.0654 e. The summed E-state index contributed by atoms with van der Waals surface area (Å²) in [5.41, 5.74) is 1.41. The van der Waals surface area contributed by atoms with Gasteiger partial charge in [0.2, 0.25) is 0 Å². The molecule has 0 unspecified atom stereocenters. The van der Waals surface area contributed by atoms with E-state index in [2.05, 4.69) is 57.0 Å². The Morgan fingerprint density at radius 1 is 0.875 bits per heavy atom. The molecule has 16 heavy (non-hydrogen) atoms. The van der Waals surface area contributed by atoms with E-state index in [1.165, 1.54) is 59.5 Å². The summed E-state index contributed by atoms with van der Waals surface area (Å²) in [7, 11) is 0. The van der Waals surface area contributed by atoms with Crippen molar-refractivity contribution in [3.8, 4) is 0 Å². The lowest BCUT2D eigenvalue weighted by Crippen LogP contribution is -1.89. The van der Waals surface area contributed by atoms with Crippen LogP contribution >= 0.6 is 31.9 Å². The highest BCUT2D eigenvalue weighted by atomic mass is 79.9. The lowest BCUT2D eigenvalue weighted by Gasteiger charge is -2.07. The minimum absolute atomic E-state index is 1.17. The second-order valence-corrected chi connectivity index (χ2v) is 5.93. The number of hydrogen-bond acceptors (Lipinski definition) is 0. The number of unbranched alkanes of at least 4 members (excludes halogenated alkanes) is 5. The Kier molecular flexibility index (Phi) is 7.39. The second-order valence-electron chi connectivity index (χ2n) is 4.22. The van der Waals surface area contributed by atoms with Crippen molar-refractivity contribution in [2.45, 2.75) is 51.9 Å². The summed E-state index contributed by atoms with van der Waals surface area (Å²) in [4.78, 5) is 0. The summed E-state index contributed by atoms with van der Waals surface area (Å²) in [6, 6.07) is 6.31. The van der Waals surface area contributed by atoms with Gasteiger partial charge in [-0.1, -0.05) is 77.0 Å². The third kappa shape index (κ3) is 5.01. The van der Waals surface area contributed by atoms with Crippen molar-refractivity contribution in [2.24, 2.45) is 0 Å². The fourth-order valence-electron chi connectivity index (χ4n) is 1.85. The number of halogens is 2. The van der Waals surface area contributed by atoms with Crippen LogP contribution in [0.2, 0.25) is 0 Å². The lowest BCUT2D eigenvalue weighted by atomic mass is 10.1. The average Bonchev–Trinajstić information content (AvgIpc) is 2.26. The molecule has 2 heteroatoms. The molecule has 0 amide bonds. The van der Waals surface area contributed by atoms with Gasteiger partial charge < -0.3 is 0 Å². The fourth-order valence-corrected chi connectivity index (χ4v) is 3.25. The van der Waals surface area contributed by atoms with E-state index in [1.807, 2.05) is 0 Å². The Balaban J connectivity index is 2.26. The number of hydrogen-bond donors (Lipinski definition) is 0. The predicted molar refractivity (Wildman–Crippen MR) is 78.9 cm³/mol. The van der Waals surface area contributed by atoms with Crippen molar-refractivity contribution >= 4 is 31.9 Å². The topological polar surface area (TPSA) is 0 Å². The Labute approximate surface area is 116 Å². The lowest BCUT2D eigenvalue weighted by molar-refractivity contribution is 0.607. The first-order chi connectivity index (χ1) is 7.75. The molecule has 1 aromatic carbocycles. The minimum Gasteiger partial charge on any atom is -0.0654 e. The van der Waals surface area contributed by atoms with E-state index < -0.39 is 0 Å². The summed E-state index contributed by atoms with van der Waals surface area (Å²) in [6.45, 7) is 2.26. The normalized spacial score (nSPS) is 10.7. The molecule has 0 saturated heterocycles. The van der Waals surface area contributed by atoms with Gasteiger partial charge in [0.05, 0.1) is 0 Å². The molecule has 0 aliphatic heterocycles. The van der Waals surface area contributed by atoms with E-state index in [4.69, 9.17) is 0 Å². The van der Waals surface area contributed by atoms with Crippen LogP contribution in [0.25, 0.3) is 0 Å². The molecular formula is C14H20Br2. The van der Waals surface area contributed by atoms with Gasteiger partial charge in [0, 0.05) is 8.95 Å². The predicted octanol–water partition coefficient (Wildman–Crippen LogP) is 6.11. The third-order valence-corrected chi connectivity index (χ3v) is 4.33. The van der Waals surface area contributed by atoms with Gasteiger partial charge in [0.25, 0.3) is 0 Å². The molecule has 0 atom stereocenters. The van der Waals surface area contributed by atoms with Gasteiger partial charge in [0.1, 0.15) is 0 Å². The van der Waals surface area contributed by atoms with Crippen molar-refractivity contribution in [1.29, 1.82) is 0 Å². The highest BCUT2D eigenvalue weighted by Gasteiger charge is 2.03. The monoisotopic (exact) mass is 346 g/mol. The van der Waals surface area contributed by atoms with Crippen LogP contribution in [-0.4, -0.2) is 0 Å². The highest BCUT2D eigenvalue weighted by molar-refractivity contribution is 9.11. The Morgan fingerprint density at radius 2 is 1.44 bits per heavy atom. The van der Waals surface area contributed by atoms with Gasteiger partial charge >= 0.3 is 0 Å². The SMILES string of the molecule is CCCCCCCCc1c(Br)cccc1Br. The Bertz CT molecular complexity index is 287. The molecule has 0 bridgehead atoms. The minimum atomic E-state index is 1.17. The molecule has 0 aliphatic rings. The van der Waals surface area contributed by atoms with E-state index >= 15 is 0 Å². The van der Waals surface area contributed by atoms with Crippen LogP contribution in [0.15, 0.2) is 27.1 Å². The summed E-state index contributed by atoms with van der Waals surface area (Å²) in [5.74, 6) is 0. The van der Waals surface area contributed by atoms with Gasteiger partial charge in [-0.05, 0) is 30.5 Å². The van der Waals surface area contributed by atoms with Crippen molar-refractivity contribution in [3.05, 3.63) is 32.7 Å². The number of benzene rings is 1. The van der Waals surface area contributed by atoms with Crippen LogP contribution in [0.4, 0.5) is 0 Å². The molecule has 1 aromatic rings. The molecule has 0 aliphatic carbocycles. The molecule has 0 nitrogen and oxygen atoms in total. The summed E-state index contributed by atoms with van der Waals surface area (Å²) < 4.78 is 2.46. The van der Waals surface area contributed by atoms with Crippen LogP contribution in [-0.2, 0) is 6.42 Å². The van der Waals surface area contributed by atoms with E-state index in [1.54, 1.807) is 0 Å². The van der Waals surface area contributed by atoms with E-state index in [0.29, 0.717) is 0 Å². The van der Waals surface area contributed by atoms with E-state index in [9.17, 15) is 0 Å². The van der Waals surface area contributed by atoms with Gasteiger partial charge in [-0.2, -0.15) is 0 Å². The van der Waals surface area contributed by atoms with Crippen molar-refractivity contribution in [3.63, 3.8) is 0 Å². The quantitative estimate of drug-likeness (QED) is 0.521. The summed E-state index contributed by atoms with van der Waals surface area (Å²) in [6.07, 6.45) is 9.32. The zero-order valence-corrected chi connectivity index (χ0v) is 13.1. The number of rotatable bonds is 7. The molecule has 0 saturated carbocycles. The zero-order valence-electron chi connectivity index (χ0n) is 9.94. The van der Waals surface area contributed by atoms with Crippen LogP contribution in [0, 0.1) is 0 Å². The van der Waals surface area contributed by atoms with Crippen LogP contribution in [0.1, 0.15) is 51.0 Å². The van der Waals surface area contributed by atoms with Crippen LogP contribution in [0.5, 0.6) is 0 Å². The Morgan fingerprint density at radius 3 is 2.06 bits per heavy atom. The molecule has 0 radical (unpaired) electrons. The van der Waals surface area contributed by atoms with Crippen molar-refractivity contribution in [2.75, 3.05) is 0 Å². The zero-order chi connectivity index (χ0) is 11.8. The smallest absolute Gasteiger partial charge is 0.0218 e. The molecule has 0 aromatic heterocycles. The average molecular weight is 348 g/mol. The van der Waals surface area contributed by atoms with Gasteiger partial charge in [-0.15, -0.1) is 0 Å². The van der Waals surface area contributed by atoms with Gasteiger partial charge in [-0.25, -0.2) is 0 Å². The maximum atomic E-state index is 3.61. The fraction of sp³-hybridized carbons (Fsp3) is 0.571. The maximum Gasteiger partial charge on any atom is 0.0218 e. The Hall–Kier alpha value is 0.180. The van der Waals surface area contributed by atoms with Crippen LogP contribution in [0.3, 0.4) is 0 Å². The maximum absolute atomic E-state index is 3.61. The van der Waals surface area contributed by atoms with Gasteiger partial charge in [-0.3, -0.25) is 0 Å². The summed E-state index contributed by atoms with van der Waals surface area (Å²) >= 11 is 7.22. The first kappa shape index (κ1) is 14.2. The van der Waals surface area contributed by atoms with Crippen LogP contribution < -0.4 is 0 Å². The molecule has 0 fully saturated rings. The third-order valence-electron chi connectivity index (χ3n) is 2.84. The van der Waals surface area contributed by atoms with Gasteiger partial charge in [0.15, 0.2) is 0 Å². The molecule has 0 heterocycles. The first-order valence-corrected chi connectivity index (χ1v) is 7.77. The van der Waals surface area contributed by atoms with E-state index in [0.717, 1.165) is 0 Å². The second kappa shape index (κ2) is 8.30. The highest BCUT2D eigenvalue weighted by Crippen LogP contribution is 2.26. The molecule has 0 N–H and O–H groups in total. The summed E-state index contributed by atoms with van der Waals surface area (Å²) in [5, 5.41) is 0. The van der Waals surface area contributed by atoms with Crippen molar-refractivity contribution in [1.82, 2.24) is 0 Å². The van der Waals surface area contributed by atoms with Crippen molar-refractivity contribution < 1.29 is 0 Å². The molecule has 0 spiro atoms. The molecular weight excluding hydrogens is 328 g/mol. The molecule has 90 valence electrons. The first-order valence-electron chi connectivity index (χ1n) is 6.18. The van der Waals surface area contributed by atoms with E-state index in [-0.39, 0.29) is 0 Å².